The number of nitrogens with zero attached hydrogens (tertiary/aromatic N) is 1. The van der Waals surface area contributed by atoms with E-state index in [1.807, 2.05) is 32.0 Å². The molecule has 0 aliphatic rings. The van der Waals surface area contributed by atoms with Gasteiger partial charge in [-0.05, 0) is 44.9 Å². The summed E-state index contributed by atoms with van der Waals surface area (Å²) in [6, 6.07) is 6.07. The van der Waals surface area contributed by atoms with Gasteiger partial charge in [0.25, 0.3) is 0 Å². The summed E-state index contributed by atoms with van der Waals surface area (Å²) in [6.07, 6.45) is 0.821. The van der Waals surface area contributed by atoms with Crippen molar-refractivity contribution in [2.24, 2.45) is 5.73 Å². The smallest absolute Gasteiger partial charge is 0.161 e. The molecule has 2 N–H and O–H groups in total. The molecule has 1 unspecified atom stereocenters. The standard InChI is InChI=1S/C16H22N2O2S/c1-10(17)7-13-5-6-14(15(8-13)19-4)20-9-16-18-11(2)12(3)21-16/h5-6,8,10H,7,9,17H2,1-4H3. The second-order valence-corrected chi connectivity index (χ2v) is 6.49. The molecular weight excluding hydrogens is 284 g/mol. The van der Waals surface area contributed by atoms with Gasteiger partial charge in [-0.3, -0.25) is 0 Å². The van der Waals surface area contributed by atoms with Gasteiger partial charge in [0.2, 0.25) is 0 Å². The molecule has 114 valence electrons. The molecule has 1 heterocycles. The van der Waals surface area contributed by atoms with Gasteiger partial charge >= 0.3 is 0 Å². The van der Waals surface area contributed by atoms with E-state index in [2.05, 4.69) is 11.9 Å². The third kappa shape index (κ3) is 4.19. The van der Waals surface area contributed by atoms with Crippen molar-refractivity contribution in [3.63, 3.8) is 0 Å². The number of hydrogen-bond donors (Lipinski definition) is 1. The van der Waals surface area contributed by atoms with E-state index < -0.39 is 0 Å². The number of aryl methyl sites for hydroxylation is 2. The van der Waals surface area contributed by atoms with Crippen LogP contribution in [0.4, 0.5) is 0 Å². The van der Waals surface area contributed by atoms with E-state index >= 15 is 0 Å². The molecule has 0 aliphatic carbocycles. The highest BCUT2D eigenvalue weighted by Crippen LogP contribution is 2.29. The van der Waals surface area contributed by atoms with Gasteiger partial charge in [0, 0.05) is 10.9 Å². The first-order valence-electron chi connectivity index (χ1n) is 6.97. The van der Waals surface area contributed by atoms with E-state index in [-0.39, 0.29) is 6.04 Å². The summed E-state index contributed by atoms with van der Waals surface area (Å²) in [7, 11) is 1.65. The van der Waals surface area contributed by atoms with E-state index in [0.717, 1.165) is 34.2 Å². The van der Waals surface area contributed by atoms with Gasteiger partial charge in [0.05, 0.1) is 12.8 Å². The molecule has 0 amide bonds. The topological polar surface area (TPSA) is 57.4 Å². The molecule has 0 saturated heterocycles. The molecule has 5 heteroatoms. The van der Waals surface area contributed by atoms with Gasteiger partial charge in [-0.15, -0.1) is 11.3 Å². The fraction of sp³-hybridized carbons (Fsp3) is 0.438. The van der Waals surface area contributed by atoms with Gasteiger partial charge < -0.3 is 15.2 Å². The van der Waals surface area contributed by atoms with E-state index in [1.165, 1.54) is 4.88 Å². The molecule has 0 bridgehead atoms. The second-order valence-electron chi connectivity index (χ2n) is 5.20. The second kappa shape index (κ2) is 6.91. The molecule has 1 aromatic carbocycles. The van der Waals surface area contributed by atoms with Crippen LogP contribution in [0, 0.1) is 13.8 Å². The molecule has 0 saturated carbocycles. The largest absolute Gasteiger partial charge is 0.493 e. The first-order chi connectivity index (χ1) is 9.99. The number of aromatic nitrogens is 1. The highest BCUT2D eigenvalue weighted by atomic mass is 32.1. The highest BCUT2D eigenvalue weighted by Gasteiger charge is 2.09. The van der Waals surface area contributed by atoms with Crippen LogP contribution in [0.5, 0.6) is 11.5 Å². The van der Waals surface area contributed by atoms with E-state index in [9.17, 15) is 0 Å². The van der Waals surface area contributed by atoms with Crippen LogP contribution in [0.3, 0.4) is 0 Å². The molecule has 1 aromatic heterocycles. The molecule has 2 rings (SSSR count). The summed E-state index contributed by atoms with van der Waals surface area (Å²) < 4.78 is 11.2. The van der Waals surface area contributed by atoms with Crippen LogP contribution in [0.1, 0.15) is 28.1 Å². The van der Waals surface area contributed by atoms with Crippen LogP contribution in [0.15, 0.2) is 18.2 Å². The zero-order valence-corrected chi connectivity index (χ0v) is 13.8. The minimum Gasteiger partial charge on any atom is -0.493 e. The molecule has 0 aliphatic heterocycles. The van der Waals surface area contributed by atoms with Crippen molar-refractivity contribution in [2.75, 3.05) is 7.11 Å². The normalized spacial score (nSPS) is 12.2. The van der Waals surface area contributed by atoms with Gasteiger partial charge in [-0.1, -0.05) is 6.07 Å². The first-order valence-corrected chi connectivity index (χ1v) is 7.79. The average Bonchev–Trinajstić information content (AvgIpc) is 2.75. The maximum atomic E-state index is 5.83. The minimum atomic E-state index is 0.128. The summed E-state index contributed by atoms with van der Waals surface area (Å²) in [5.41, 5.74) is 8.04. The number of methoxy groups -OCH3 is 1. The predicted octanol–water partition coefficient (Wildman–Crippen LogP) is 3.24. The maximum Gasteiger partial charge on any atom is 0.161 e. The monoisotopic (exact) mass is 306 g/mol. The first kappa shape index (κ1) is 15.8. The molecule has 2 aromatic rings. The van der Waals surface area contributed by atoms with E-state index in [0.29, 0.717) is 6.61 Å². The number of nitrogens with two attached hydrogens (primary N) is 1. The highest BCUT2D eigenvalue weighted by molar-refractivity contribution is 7.11. The molecule has 0 spiro atoms. The quantitative estimate of drug-likeness (QED) is 0.890. The van der Waals surface area contributed by atoms with Gasteiger partial charge in [-0.25, -0.2) is 4.98 Å². The van der Waals surface area contributed by atoms with Gasteiger partial charge in [0.1, 0.15) is 11.6 Å². The lowest BCUT2D eigenvalue weighted by molar-refractivity contribution is 0.283. The Morgan fingerprint density at radius 3 is 2.62 bits per heavy atom. The van der Waals surface area contributed by atoms with Crippen molar-refractivity contribution in [2.45, 2.75) is 39.8 Å². The fourth-order valence-corrected chi connectivity index (χ4v) is 2.92. The van der Waals surface area contributed by atoms with Crippen molar-refractivity contribution in [3.05, 3.63) is 39.3 Å². The summed E-state index contributed by atoms with van der Waals surface area (Å²) in [5, 5.41) is 0.978. The molecular formula is C16H22N2O2S. The Bertz CT molecular complexity index is 589. The predicted molar refractivity (Wildman–Crippen MR) is 86.3 cm³/mol. The SMILES string of the molecule is COc1cc(CC(C)N)ccc1OCc1nc(C)c(C)s1. The average molecular weight is 306 g/mol. The van der Waals surface area contributed by atoms with Crippen molar-refractivity contribution < 1.29 is 9.47 Å². The van der Waals surface area contributed by atoms with Crippen molar-refractivity contribution in [3.8, 4) is 11.5 Å². The third-order valence-corrected chi connectivity index (χ3v) is 4.26. The van der Waals surface area contributed by atoms with Crippen LogP contribution in [-0.2, 0) is 13.0 Å². The summed E-state index contributed by atoms with van der Waals surface area (Å²) >= 11 is 1.67. The zero-order chi connectivity index (χ0) is 15.4. The Kier molecular flexibility index (Phi) is 5.20. The van der Waals surface area contributed by atoms with Gasteiger partial charge in [0.15, 0.2) is 11.5 Å². The lowest BCUT2D eigenvalue weighted by Gasteiger charge is -2.12. The van der Waals surface area contributed by atoms with Crippen LogP contribution in [-0.4, -0.2) is 18.1 Å². The Balaban J connectivity index is 2.08. The molecule has 0 radical (unpaired) electrons. The Labute approximate surface area is 129 Å². The van der Waals surface area contributed by atoms with E-state index in [4.69, 9.17) is 15.2 Å². The Morgan fingerprint density at radius 1 is 1.29 bits per heavy atom. The Hall–Kier alpha value is -1.59. The molecule has 0 fully saturated rings. The van der Waals surface area contributed by atoms with Gasteiger partial charge in [-0.2, -0.15) is 0 Å². The number of ether oxygens (including phenoxy) is 2. The van der Waals surface area contributed by atoms with Crippen LogP contribution in [0.25, 0.3) is 0 Å². The van der Waals surface area contributed by atoms with Crippen LogP contribution in [0.2, 0.25) is 0 Å². The number of hydrogen-bond acceptors (Lipinski definition) is 5. The molecule has 21 heavy (non-hydrogen) atoms. The Morgan fingerprint density at radius 2 is 2.05 bits per heavy atom. The third-order valence-electron chi connectivity index (χ3n) is 3.21. The minimum absolute atomic E-state index is 0.128. The van der Waals surface area contributed by atoms with Crippen LogP contribution >= 0.6 is 11.3 Å². The van der Waals surface area contributed by atoms with Crippen molar-refractivity contribution in [1.29, 1.82) is 0 Å². The summed E-state index contributed by atoms with van der Waals surface area (Å²) in [5.74, 6) is 1.47. The van der Waals surface area contributed by atoms with Crippen molar-refractivity contribution in [1.82, 2.24) is 4.98 Å². The summed E-state index contributed by atoms with van der Waals surface area (Å²) in [4.78, 5) is 5.70. The lowest BCUT2D eigenvalue weighted by atomic mass is 10.1. The van der Waals surface area contributed by atoms with Crippen LogP contribution < -0.4 is 15.2 Å². The maximum absolute atomic E-state index is 5.83. The fourth-order valence-electron chi connectivity index (χ4n) is 2.07. The zero-order valence-electron chi connectivity index (χ0n) is 13.0. The molecule has 4 nitrogen and oxygen atoms in total. The van der Waals surface area contributed by atoms with E-state index in [1.54, 1.807) is 18.4 Å². The van der Waals surface area contributed by atoms with Crippen molar-refractivity contribution >= 4 is 11.3 Å². The molecule has 1 atom stereocenters. The summed E-state index contributed by atoms with van der Waals surface area (Å²) in [6.45, 7) is 6.53. The number of rotatable bonds is 6. The lowest BCUT2D eigenvalue weighted by Crippen LogP contribution is -2.17. The number of benzene rings is 1. The number of thiazole rings is 1.